The number of aliphatic hydroxyl groups is 1. The molecule has 0 aromatic carbocycles. The average Bonchev–Trinajstić information content (AvgIpc) is 2.76. The number of aliphatic hydroxyl groups excluding tert-OH is 1. The molecular formula is C15H22N4OS. The lowest BCUT2D eigenvalue weighted by Crippen LogP contribution is -2.35. The van der Waals surface area contributed by atoms with Gasteiger partial charge >= 0.3 is 0 Å². The van der Waals surface area contributed by atoms with Crippen LogP contribution in [0.1, 0.15) is 29.1 Å². The van der Waals surface area contributed by atoms with Gasteiger partial charge in [-0.05, 0) is 32.3 Å². The van der Waals surface area contributed by atoms with E-state index in [1.165, 1.54) is 10.4 Å². The van der Waals surface area contributed by atoms with Crippen LogP contribution in [0.3, 0.4) is 0 Å². The van der Waals surface area contributed by atoms with Gasteiger partial charge in [-0.1, -0.05) is 0 Å². The number of aromatic nitrogens is 2. The highest BCUT2D eigenvalue weighted by atomic mass is 32.1. The van der Waals surface area contributed by atoms with Gasteiger partial charge in [0.15, 0.2) is 0 Å². The van der Waals surface area contributed by atoms with E-state index in [0.29, 0.717) is 0 Å². The van der Waals surface area contributed by atoms with E-state index in [2.05, 4.69) is 29.0 Å². The SMILES string of the molecule is CNc1nc(CN2CCC(O)CC2)nc2sc(C)c(C)c12. The zero-order valence-corrected chi connectivity index (χ0v) is 13.6. The zero-order chi connectivity index (χ0) is 15.0. The zero-order valence-electron chi connectivity index (χ0n) is 12.8. The highest BCUT2D eigenvalue weighted by molar-refractivity contribution is 7.18. The second-order valence-electron chi connectivity index (χ2n) is 5.71. The van der Waals surface area contributed by atoms with E-state index in [-0.39, 0.29) is 6.10 Å². The number of likely N-dealkylation sites (tertiary alicyclic amines) is 1. The van der Waals surface area contributed by atoms with Gasteiger partial charge in [0.05, 0.1) is 18.0 Å². The van der Waals surface area contributed by atoms with Gasteiger partial charge in [0.25, 0.3) is 0 Å². The van der Waals surface area contributed by atoms with Crippen molar-refractivity contribution < 1.29 is 5.11 Å². The molecule has 0 saturated carbocycles. The third-order valence-corrected chi connectivity index (χ3v) is 5.34. The summed E-state index contributed by atoms with van der Waals surface area (Å²) < 4.78 is 0. The van der Waals surface area contributed by atoms with Gasteiger partial charge in [-0.15, -0.1) is 11.3 Å². The summed E-state index contributed by atoms with van der Waals surface area (Å²) >= 11 is 1.74. The highest BCUT2D eigenvalue weighted by Gasteiger charge is 2.19. The lowest BCUT2D eigenvalue weighted by atomic mass is 10.1. The second-order valence-corrected chi connectivity index (χ2v) is 6.91. The Hall–Kier alpha value is -1.24. The summed E-state index contributed by atoms with van der Waals surface area (Å²) in [5, 5.41) is 13.9. The first-order valence-corrected chi connectivity index (χ1v) is 8.25. The van der Waals surface area contributed by atoms with Crippen LogP contribution in [0.2, 0.25) is 0 Å². The molecule has 3 heterocycles. The average molecular weight is 306 g/mol. The molecule has 0 spiro atoms. The van der Waals surface area contributed by atoms with Gasteiger partial charge < -0.3 is 10.4 Å². The molecule has 0 aliphatic carbocycles. The van der Waals surface area contributed by atoms with Crippen molar-refractivity contribution in [2.45, 2.75) is 39.3 Å². The second kappa shape index (κ2) is 5.87. The number of aryl methyl sites for hydroxylation is 2. The molecule has 21 heavy (non-hydrogen) atoms. The van der Waals surface area contributed by atoms with Gasteiger partial charge in [-0.3, -0.25) is 4.90 Å². The molecule has 5 nitrogen and oxygen atoms in total. The monoisotopic (exact) mass is 306 g/mol. The molecule has 1 fully saturated rings. The third kappa shape index (κ3) is 2.88. The summed E-state index contributed by atoms with van der Waals surface area (Å²) in [5.74, 6) is 1.79. The van der Waals surface area contributed by atoms with Crippen molar-refractivity contribution in [1.29, 1.82) is 0 Å². The van der Waals surface area contributed by atoms with E-state index in [0.717, 1.165) is 54.3 Å². The Kier molecular flexibility index (Phi) is 4.10. The van der Waals surface area contributed by atoms with Crippen LogP contribution in [0.5, 0.6) is 0 Å². The van der Waals surface area contributed by atoms with Gasteiger partial charge in [-0.25, -0.2) is 9.97 Å². The highest BCUT2D eigenvalue weighted by Crippen LogP contribution is 2.33. The summed E-state index contributed by atoms with van der Waals surface area (Å²) in [7, 11) is 1.91. The number of hydrogen-bond donors (Lipinski definition) is 2. The smallest absolute Gasteiger partial charge is 0.146 e. The molecule has 2 aromatic rings. The Morgan fingerprint density at radius 2 is 2.00 bits per heavy atom. The first-order valence-electron chi connectivity index (χ1n) is 7.43. The first kappa shape index (κ1) is 14.7. The molecule has 2 N–H and O–H groups in total. The molecule has 0 bridgehead atoms. The summed E-state index contributed by atoms with van der Waals surface area (Å²) in [5.41, 5.74) is 1.27. The molecule has 0 atom stereocenters. The Morgan fingerprint density at radius 1 is 1.29 bits per heavy atom. The molecule has 3 rings (SSSR count). The van der Waals surface area contributed by atoms with Crippen LogP contribution in [-0.4, -0.2) is 46.2 Å². The molecular weight excluding hydrogens is 284 g/mol. The quantitative estimate of drug-likeness (QED) is 0.911. The van der Waals surface area contributed by atoms with Crippen LogP contribution < -0.4 is 5.32 Å². The standard InChI is InChI=1S/C15H22N4OS/c1-9-10(2)21-15-13(9)14(16-3)17-12(18-15)8-19-6-4-11(20)5-7-19/h11,20H,4-8H2,1-3H3,(H,16,17,18). The first-order chi connectivity index (χ1) is 10.1. The Morgan fingerprint density at radius 3 is 2.67 bits per heavy atom. The van der Waals surface area contributed by atoms with Crippen LogP contribution in [0.4, 0.5) is 5.82 Å². The van der Waals surface area contributed by atoms with E-state index < -0.39 is 0 Å². The number of nitrogens with one attached hydrogen (secondary N) is 1. The fraction of sp³-hybridized carbons (Fsp3) is 0.600. The number of anilines is 1. The topological polar surface area (TPSA) is 61.3 Å². The van der Waals surface area contributed by atoms with Crippen LogP contribution >= 0.6 is 11.3 Å². The minimum absolute atomic E-state index is 0.139. The molecule has 0 amide bonds. The number of thiophene rings is 1. The van der Waals surface area contributed by atoms with Crippen molar-refractivity contribution in [2.24, 2.45) is 0 Å². The van der Waals surface area contributed by atoms with Crippen LogP contribution in [-0.2, 0) is 6.54 Å². The largest absolute Gasteiger partial charge is 0.393 e. The Balaban J connectivity index is 1.89. The minimum Gasteiger partial charge on any atom is -0.393 e. The molecule has 0 radical (unpaired) electrons. The number of rotatable bonds is 3. The number of piperidine rings is 1. The lowest BCUT2D eigenvalue weighted by Gasteiger charge is -2.28. The third-order valence-electron chi connectivity index (χ3n) is 4.23. The predicted molar refractivity (Wildman–Crippen MR) is 87.0 cm³/mol. The van der Waals surface area contributed by atoms with Crippen molar-refractivity contribution >= 4 is 27.4 Å². The van der Waals surface area contributed by atoms with E-state index in [1.54, 1.807) is 11.3 Å². The maximum Gasteiger partial charge on any atom is 0.146 e. The van der Waals surface area contributed by atoms with E-state index in [9.17, 15) is 5.11 Å². The molecule has 1 aliphatic rings. The molecule has 2 aromatic heterocycles. The van der Waals surface area contributed by atoms with Gasteiger partial charge in [-0.2, -0.15) is 0 Å². The molecule has 114 valence electrons. The number of fused-ring (bicyclic) bond motifs is 1. The molecule has 0 unspecified atom stereocenters. The van der Waals surface area contributed by atoms with Gasteiger partial charge in [0, 0.05) is 25.0 Å². The molecule has 6 heteroatoms. The minimum atomic E-state index is -0.139. The Labute approximate surface area is 129 Å². The van der Waals surface area contributed by atoms with E-state index in [1.807, 2.05) is 7.05 Å². The fourth-order valence-electron chi connectivity index (χ4n) is 2.82. The maximum absolute atomic E-state index is 9.58. The van der Waals surface area contributed by atoms with Crippen molar-refractivity contribution in [3.8, 4) is 0 Å². The van der Waals surface area contributed by atoms with Crippen LogP contribution in [0.15, 0.2) is 0 Å². The number of hydrogen-bond acceptors (Lipinski definition) is 6. The fourth-order valence-corrected chi connectivity index (χ4v) is 3.87. The van der Waals surface area contributed by atoms with Crippen molar-refractivity contribution in [3.63, 3.8) is 0 Å². The molecule has 1 saturated heterocycles. The summed E-state index contributed by atoms with van der Waals surface area (Å²) in [4.78, 5) is 14.1. The summed E-state index contributed by atoms with van der Waals surface area (Å²) in [6.45, 7) is 6.85. The van der Waals surface area contributed by atoms with Crippen molar-refractivity contribution in [2.75, 3.05) is 25.5 Å². The normalized spacial score (nSPS) is 17.5. The number of nitrogens with zero attached hydrogens (tertiary/aromatic N) is 3. The van der Waals surface area contributed by atoms with Gasteiger partial charge in [0.2, 0.25) is 0 Å². The van der Waals surface area contributed by atoms with E-state index in [4.69, 9.17) is 4.98 Å². The summed E-state index contributed by atoms with van der Waals surface area (Å²) in [6.07, 6.45) is 1.55. The van der Waals surface area contributed by atoms with Crippen LogP contribution in [0, 0.1) is 13.8 Å². The van der Waals surface area contributed by atoms with E-state index >= 15 is 0 Å². The van der Waals surface area contributed by atoms with Gasteiger partial charge in [0.1, 0.15) is 16.5 Å². The van der Waals surface area contributed by atoms with Crippen molar-refractivity contribution in [3.05, 3.63) is 16.3 Å². The summed E-state index contributed by atoms with van der Waals surface area (Å²) in [6, 6.07) is 0. The van der Waals surface area contributed by atoms with Crippen molar-refractivity contribution in [1.82, 2.24) is 14.9 Å². The lowest BCUT2D eigenvalue weighted by molar-refractivity contribution is 0.0781. The Bertz CT molecular complexity index is 647. The maximum atomic E-state index is 9.58. The predicted octanol–water partition coefficient (Wildman–Crippen LogP) is 2.31. The van der Waals surface area contributed by atoms with Crippen LogP contribution in [0.25, 0.3) is 10.2 Å². The molecule has 1 aliphatic heterocycles.